The summed E-state index contributed by atoms with van der Waals surface area (Å²) in [5.41, 5.74) is 3.88. The lowest BCUT2D eigenvalue weighted by molar-refractivity contribution is 0.0731. The first-order chi connectivity index (χ1) is 11.9. The number of hydrogen-bond acceptors (Lipinski definition) is 2. The monoisotopic (exact) mass is 341 g/mol. The Balaban J connectivity index is 1.86. The number of aryl methyl sites for hydroxylation is 1. The normalized spacial score (nSPS) is 14.9. The van der Waals surface area contributed by atoms with Crippen molar-refractivity contribution in [1.29, 1.82) is 0 Å². The minimum atomic E-state index is -0.0713. The Bertz CT molecular complexity index is 847. The third-order valence-electron chi connectivity index (χ3n) is 5.46. The first-order valence-electron chi connectivity index (χ1n) is 9.02. The third-order valence-corrected chi connectivity index (χ3v) is 5.46. The maximum absolute atomic E-state index is 13.1. The highest BCUT2D eigenvalue weighted by molar-refractivity contribution is 5.94. The number of nitrogens with zero attached hydrogens (tertiary/aromatic N) is 3. The molecule has 0 N–H and O–H groups in total. The lowest BCUT2D eigenvalue weighted by Gasteiger charge is -2.26. The summed E-state index contributed by atoms with van der Waals surface area (Å²) in [5, 5.41) is 0. The summed E-state index contributed by atoms with van der Waals surface area (Å²) in [7, 11) is 3.55. The van der Waals surface area contributed by atoms with E-state index in [2.05, 4.69) is 26.0 Å². The number of imidazole rings is 1. The van der Waals surface area contributed by atoms with Gasteiger partial charge in [0, 0.05) is 26.7 Å². The van der Waals surface area contributed by atoms with Crippen LogP contribution in [0.15, 0.2) is 29.1 Å². The van der Waals surface area contributed by atoms with Crippen LogP contribution in [0.3, 0.4) is 0 Å². The smallest absolute Gasteiger partial charge is 0.328 e. The number of hydrogen-bond donors (Lipinski definition) is 0. The minimum Gasteiger partial charge on any atom is -0.337 e. The summed E-state index contributed by atoms with van der Waals surface area (Å²) in [4.78, 5) is 27.3. The molecule has 134 valence electrons. The van der Waals surface area contributed by atoms with Crippen molar-refractivity contribution in [2.75, 3.05) is 7.05 Å². The zero-order valence-electron chi connectivity index (χ0n) is 15.6. The van der Waals surface area contributed by atoms with Gasteiger partial charge in [-0.1, -0.05) is 24.3 Å². The van der Waals surface area contributed by atoms with Crippen LogP contribution in [0, 0.1) is 6.92 Å². The van der Waals surface area contributed by atoms with Crippen LogP contribution < -0.4 is 5.69 Å². The predicted octanol–water partition coefficient (Wildman–Crippen LogP) is 2.53. The van der Waals surface area contributed by atoms with E-state index in [9.17, 15) is 9.59 Å². The van der Waals surface area contributed by atoms with E-state index in [4.69, 9.17) is 0 Å². The van der Waals surface area contributed by atoms with Gasteiger partial charge in [-0.2, -0.15) is 0 Å². The van der Waals surface area contributed by atoms with E-state index < -0.39 is 0 Å². The SMILES string of the molecule is Cc1ccccc1CC(C)N(C)C(=O)c1c2n(c(=O)n1C)CCCC2. The van der Waals surface area contributed by atoms with Crippen LogP contribution in [0.1, 0.15) is 47.1 Å². The molecule has 0 saturated carbocycles. The van der Waals surface area contributed by atoms with E-state index in [1.807, 2.05) is 19.2 Å². The summed E-state index contributed by atoms with van der Waals surface area (Å²) >= 11 is 0. The highest BCUT2D eigenvalue weighted by Gasteiger charge is 2.28. The van der Waals surface area contributed by atoms with Gasteiger partial charge >= 0.3 is 5.69 Å². The van der Waals surface area contributed by atoms with Crippen molar-refractivity contribution < 1.29 is 4.79 Å². The van der Waals surface area contributed by atoms with Gasteiger partial charge < -0.3 is 4.90 Å². The van der Waals surface area contributed by atoms with Gasteiger partial charge in [-0.3, -0.25) is 13.9 Å². The molecule has 5 heteroatoms. The second kappa shape index (κ2) is 6.90. The molecule has 25 heavy (non-hydrogen) atoms. The van der Waals surface area contributed by atoms with Crippen LogP contribution in [0.5, 0.6) is 0 Å². The van der Waals surface area contributed by atoms with E-state index in [-0.39, 0.29) is 17.6 Å². The Morgan fingerprint density at radius 1 is 1.28 bits per heavy atom. The number of aromatic nitrogens is 2. The summed E-state index contributed by atoms with van der Waals surface area (Å²) in [6, 6.07) is 8.33. The molecule has 0 bridgehead atoms. The molecule has 1 aromatic heterocycles. The number of amides is 1. The van der Waals surface area contributed by atoms with Crippen molar-refractivity contribution >= 4 is 5.91 Å². The molecule has 1 atom stereocenters. The lowest BCUT2D eigenvalue weighted by atomic mass is 10.0. The Kier molecular flexibility index (Phi) is 4.84. The lowest BCUT2D eigenvalue weighted by Crippen LogP contribution is -2.38. The topological polar surface area (TPSA) is 47.2 Å². The second-order valence-corrected chi connectivity index (χ2v) is 7.14. The largest absolute Gasteiger partial charge is 0.337 e. The van der Waals surface area contributed by atoms with Gasteiger partial charge in [-0.05, 0) is 50.7 Å². The van der Waals surface area contributed by atoms with Gasteiger partial charge in [-0.25, -0.2) is 4.79 Å². The molecule has 0 radical (unpaired) electrons. The van der Waals surface area contributed by atoms with Crippen molar-refractivity contribution in [3.8, 4) is 0 Å². The molecule has 5 nitrogen and oxygen atoms in total. The number of carbonyl (C=O) groups excluding carboxylic acids is 1. The first-order valence-corrected chi connectivity index (χ1v) is 9.02. The molecule has 2 heterocycles. The quantitative estimate of drug-likeness (QED) is 0.858. The Morgan fingerprint density at radius 2 is 2.00 bits per heavy atom. The van der Waals surface area contributed by atoms with Crippen LogP contribution >= 0.6 is 0 Å². The van der Waals surface area contributed by atoms with Crippen molar-refractivity contribution in [2.45, 2.75) is 52.1 Å². The van der Waals surface area contributed by atoms with Crippen LogP contribution in [-0.2, 0) is 26.4 Å². The fraction of sp³-hybridized carbons (Fsp3) is 0.500. The fourth-order valence-electron chi connectivity index (χ4n) is 3.69. The first kappa shape index (κ1) is 17.5. The van der Waals surface area contributed by atoms with Gasteiger partial charge in [-0.15, -0.1) is 0 Å². The summed E-state index contributed by atoms with van der Waals surface area (Å²) in [5.74, 6) is -0.0589. The highest BCUT2D eigenvalue weighted by atomic mass is 16.2. The molecule has 0 saturated heterocycles. The van der Waals surface area contributed by atoms with Crippen LogP contribution in [0.2, 0.25) is 0 Å². The molecule has 3 rings (SSSR count). The number of rotatable bonds is 4. The average molecular weight is 341 g/mol. The van der Waals surface area contributed by atoms with Crippen LogP contribution in [0.4, 0.5) is 0 Å². The summed E-state index contributed by atoms with van der Waals surface area (Å²) in [6.45, 7) is 4.88. The van der Waals surface area contributed by atoms with E-state index in [1.165, 1.54) is 15.7 Å². The molecular formula is C20H27N3O2. The number of fused-ring (bicyclic) bond motifs is 1. The van der Waals surface area contributed by atoms with Gasteiger partial charge in [0.2, 0.25) is 0 Å². The molecule has 1 aliphatic heterocycles. The van der Waals surface area contributed by atoms with Crippen LogP contribution in [-0.4, -0.2) is 33.0 Å². The van der Waals surface area contributed by atoms with Crippen LogP contribution in [0.25, 0.3) is 0 Å². The highest BCUT2D eigenvalue weighted by Crippen LogP contribution is 2.20. The zero-order chi connectivity index (χ0) is 18.1. The maximum Gasteiger partial charge on any atom is 0.328 e. The van der Waals surface area contributed by atoms with E-state index >= 15 is 0 Å². The van der Waals surface area contributed by atoms with Gasteiger partial charge in [0.15, 0.2) is 0 Å². The molecular weight excluding hydrogens is 314 g/mol. The molecule has 0 spiro atoms. The molecule has 1 amide bonds. The second-order valence-electron chi connectivity index (χ2n) is 7.14. The van der Waals surface area contributed by atoms with E-state index in [0.29, 0.717) is 5.69 Å². The number of carbonyl (C=O) groups is 1. The summed E-state index contributed by atoms with van der Waals surface area (Å²) in [6.07, 6.45) is 3.65. The maximum atomic E-state index is 13.1. The molecule has 2 aromatic rings. The third kappa shape index (κ3) is 3.15. The molecule has 1 unspecified atom stereocenters. The molecule has 1 aromatic carbocycles. The van der Waals surface area contributed by atoms with Crippen molar-refractivity contribution in [3.05, 3.63) is 57.3 Å². The van der Waals surface area contributed by atoms with Crippen molar-refractivity contribution in [1.82, 2.24) is 14.0 Å². The van der Waals surface area contributed by atoms with E-state index in [1.54, 1.807) is 16.5 Å². The van der Waals surface area contributed by atoms with Gasteiger partial charge in [0.05, 0.1) is 5.69 Å². The van der Waals surface area contributed by atoms with Gasteiger partial charge in [0.25, 0.3) is 5.91 Å². The summed E-state index contributed by atoms with van der Waals surface area (Å²) < 4.78 is 3.30. The van der Waals surface area contributed by atoms with Gasteiger partial charge in [0.1, 0.15) is 5.69 Å². The standard InChI is InChI=1S/C20H27N3O2/c1-14-9-5-6-10-16(14)13-15(2)21(3)19(24)18-17-11-7-8-12-23(17)20(25)22(18)4/h5-6,9-10,15H,7-8,11-13H2,1-4H3. The Hall–Kier alpha value is -2.30. The molecule has 0 fully saturated rings. The minimum absolute atomic E-state index is 0.0582. The zero-order valence-corrected chi connectivity index (χ0v) is 15.6. The molecule has 0 aliphatic carbocycles. The Labute approximate surface area is 148 Å². The average Bonchev–Trinajstić information content (AvgIpc) is 2.87. The Morgan fingerprint density at radius 3 is 2.72 bits per heavy atom. The number of likely N-dealkylation sites (N-methyl/N-ethyl adjacent to an activating group) is 1. The van der Waals surface area contributed by atoms with Crippen molar-refractivity contribution in [2.24, 2.45) is 7.05 Å². The fourth-order valence-corrected chi connectivity index (χ4v) is 3.69. The predicted molar refractivity (Wildman–Crippen MR) is 99.0 cm³/mol. The van der Waals surface area contributed by atoms with E-state index in [0.717, 1.165) is 37.9 Å². The molecule has 1 aliphatic rings. The number of benzene rings is 1. The van der Waals surface area contributed by atoms with Crippen molar-refractivity contribution in [3.63, 3.8) is 0 Å².